The van der Waals surface area contributed by atoms with Gasteiger partial charge in [-0.1, -0.05) is 36.4 Å². The fraction of sp³-hybridized carbons (Fsp3) is 0.250. The van der Waals surface area contributed by atoms with Crippen LogP contribution in [-0.4, -0.2) is 18.8 Å². The van der Waals surface area contributed by atoms with Gasteiger partial charge < -0.3 is 5.32 Å². The van der Waals surface area contributed by atoms with Crippen molar-refractivity contribution in [3.05, 3.63) is 66.0 Å². The van der Waals surface area contributed by atoms with E-state index in [9.17, 15) is 4.39 Å². The molecule has 100 valence electrons. The molecule has 0 fully saturated rings. The average Bonchev–Trinajstić information content (AvgIpc) is 2.45. The van der Waals surface area contributed by atoms with Crippen LogP contribution in [0.2, 0.25) is 0 Å². The summed E-state index contributed by atoms with van der Waals surface area (Å²) in [5, 5.41) is 3.34. The lowest BCUT2D eigenvalue weighted by Gasteiger charge is -2.05. The zero-order chi connectivity index (χ0) is 13.3. The lowest BCUT2D eigenvalue weighted by atomic mass is 10.1. The molecule has 0 unspecified atom stereocenters. The molecular formula is C16H18FNS. The molecule has 2 aromatic rings. The largest absolute Gasteiger partial charge is 0.316 e. The number of benzene rings is 2. The van der Waals surface area contributed by atoms with E-state index in [1.54, 1.807) is 6.07 Å². The quantitative estimate of drug-likeness (QED) is 0.610. The van der Waals surface area contributed by atoms with Crippen LogP contribution >= 0.6 is 11.8 Å². The topological polar surface area (TPSA) is 12.0 Å². The predicted molar refractivity (Wildman–Crippen MR) is 80.1 cm³/mol. The molecule has 19 heavy (non-hydrogen) atoms. The Morgan fingerprint density at radius 3 is 2.42 bits per heavy atom. The van der Waals surface area contributed by atoms with Crippen LogP contribution in [0.15, 0.2) is 59.5 Å². The monoisotopic (exact) mass is 275 g/mol. The first-order valence-electron chi connectivity index (χ1n) is 6.48. The molecule has 0 bridgehead atoms. The van der Waals surface area contributed by atoms with E-state index in [1.165, 1.54) is 11.0 Å². The van der Waals surface area contributed by atoms with E-state index in [0.717, 1.165) is 30.8 Å². The Bertz CT molecular complexity index is 487. The van der Waals surface area contributed by atoms with Crippen molar-refractivity contribution in [2.45, 2.75) is 11.3 Å². The third-order valence-corrected chi connectivity index (χ3v) is 3.83. The van der Waals surface area contributed by atoms with E-state index in [1.807, 2.05) is 42.1 Å². The molecule has 2 aromatic carbocycles. The third kappa shape index (κ3) is 5.05. The van der Waals surface area contributed by atoms with Gasteiger partial charge in [-0.2, -0.15) is 0 Å². The van der Waals surface area contributed by atoms with E-state index in [4.69, 9.17) is 0 Å². The van der Waals surface area contributed by atoms with Gasteiger partial charge >= 0.3 is 0 Å². The van der Waals surface area contributed by atoms with Crippen molar-refractivity contribution in [2.24, 2.45) is 0 Å². The van der Waals surface area contributed by atoms with E-state index in [0.29, 0.717) is 0 Å². The maximum absolute atomic E-state index is 13.4. The average molecular weight is 275 g/mol. The Labute approximate surface area is 118 Å². The summed E-state index contributed by atoms with van der Waals surface area (Å²) in [6, 6.07) is 17.3. The van der Waals surface area contributed by atoms with Gasteiger partial charge in [-0.3, -0.25) is 0 Å². The highest BCUT2D eigenvalue weighted by Gasteiger charge is 1.99. The molecule has 0 spiro atoms. The van der Waals surface area contributed by atoms with Gasteiger partial charge in [0.05, 0.1) is 0 Å². The summed E-state index contributed by atoms with van der Waals surface area (Å²) in [4.78, 5) is 1.29. The van der Waals surface area contributed by atoms with Crippen LogP contribution < -0.4 is 5.32 Å². The molecule has 2 rings (SSSR count). The van der Waals surface area contributed by atoms with E-state index in [2.05, 4.69) is 17.4 Å². The molecule has 3 heteroatoms. The molecule has 0 radical (unpaired) electrons. The van der Waals surface area contributed by atoms with Crippen molar-refractivity contribution < 1.29 is 4.39 Å². The Morgan fingerprint density at radius 2 is 1.63 bits per heavy atom. The van der Waals surface area contributed by atoms with Crippen LogP contribution in [0.25, 0.3) is 0 Å². The van der Waals surface area contributed by atoms with E-state index >= 15 is 0 Å². The lowest BCUT2D eigenvalue weighted by Crippen LogP contribution is -2.20. The molecule has 0 amide bonds. The first-order chi connectivity index (χ1) is 9.36. The van der Waals surface area contributed by atoms with Gasteiger partial charge in [0.1, 0.15) is 5.82 Å². The summed E-state index contributed by atoms with van der Waals surface area (Å²) in [5.41, 5.74) is 0.783. The molecule has 0 saturated heterocycles. The highest BCUT2D eigenvalue weighted by Crippen LogP contribution is 2.15. The summed E-state index contributed by atoms with van der Waals surface area (Å²) >= 11 is 1.83. The molecule has 0 atom stereocenters. The standard InChI is InChI=1S/C16H18FNS/c17-16-9-5-4-6-14(16)10-11-18-12-13-19-15-7-2-1-3-8-15/h1-9,18H,10-13H2. The molecule has 0 aliphatic heterocycles. The van der Waals surface area contributed by atoms with Gasteiger partial charge in [0.15, 0.2) is 0 Å². The van der Waals surface area contributed by atoms with Crippen LogP contribution in [0.3, 0.4) is 0 Å². The Hall–Kier alpha value is -1.32. The van der Waals surface area contributed by atoms with E-state index in [-0.39, 0.29) is 5.82 Å². The lowest BCUT2D eigenvalue weighted by molar-refractivity contribution is 0.601. The van der Waals surface area contributed by atoms with Crippen LogP contribution in [0.4, 0.5) is 4.39 Å². The number of thioether (sulfide) groups is 1. The van der Waals surface area contributed by atoms with Crippen LogP contribution in [-0.2, 0) is 6.42 Å². The minimum absolute atomic E-state index is 0.108. The second-order valence-corrected chi connectivity index (χ2v) is 5.42. The second-order valence-electron chi connectivity index (χ2n) is 4.25. The first-order valence-corrected chi connectivity index (χ1v) is 7.47. The molecule has 0 aliphatic carbocycles. The molecular weight excluding hydrogens is 257 g/mol. The molecule has 0 saturated carbocycles. The molecule has 1 N–H and O–H groups in total. The fourth-order valence-corrected chi connectivity index (χ4v) is 2.64. The number of hydrogen-bond donors (Lipinski definition) is 1. The van der Waals surface area contributed by atoms with Crippen molar-refractivity contribution in [2.75, 3.05) is 18.8 Å². The SMILES string of the molecule is Fc1ccccc1CCNCCSc1ccccc1. The molecule has 0 heterocycles. The van der Waals surface area contributed by atoms with Crippen molar-refractivity contribution in [1.29, 1.82) is 0 Å². The van der Waals surface area contributed by atoms with E-state index < -0.39 is 0 Å². The third-order valence-electron chi connectivity index (χ3n) is 2.82. The summed E-state index contributed by atoms with van der Waals surface area (Å²) in [5.74, 6) is 0.921. The minimum Gasteiger partial charge on any atom is -0.316 e. The van der Waals surface area contributed by atoms with Crippen molar-refractivity contribution >= 4 is 11.8 Å². The van der Waals surface area contributed by atoms with Crippen LogP contribution in [0.1, 0.15) is 5.56 Å². The fourth-order valence-electron chi connectivity index (χ4n) is 1.81. The number of hydrogen-bond acceptors (Lipinski definition) is 2. The summed E-state index contributed by atoms with van der Waals surface area (Å²) < 4.78 is 13.4. The maximum Gasteiger partial charge on any atom is 0.126 e. The maximum atomic E-state index is 13.4. The summed E-state index contributed by atoms with van der Waals surface area (Å²) in [6.45, 7) is 1.75. The smallest absolute Gasteiger partial charge is 0.126 e. The van der Waals surface area contributed by atoms with Crippen LogP contribution in [0, 0.1) is 5.82 Å². The van der Waals surface area contributed by atoms with Gasteiger partial charge in [-0.15, -0.1) is 11.8 Å². The van der Waals surface area contributed by atoms with Crippen LogP contribution in [0.5, 0.6) is 0 Å². The Kier molecular flexibility index (Phi) is 5.92. The predicted octanol–water partition coefficient (Wildman–Crippen LogP) is 3.75. The van der Waals surface area contributed by atoms with Gasteiger partial charge in [0, 0.05) is 17.2 Å². The van der Waals surface area contributed by atoms with Crippen molar-refractivity contribution in [1.82, 2.24) is 5.32 Å². The highest BCUT2D eigenvalue weighted by atomic mass is 32.2. The summed E-state index contributed by atoms with van der Waals surface area (Å²) in [6.07, 6.45) is 0.739. The minimum atomic E-state index is -0.108. The number of halogens is 1. The summed E-state index contributed by atoms with van der Waals surface area (Å²) in [7, 11) is 0. The highest BCUT2D eigenvalue weighted by molar-refractivity contribution is 7.99. The van der Waals surface area contributed by atoms with Gasteiger partial charge in [-0.25, -0.2) is 4.39 Å². The zero-order valence-electron chi connectivity index (χ0n) is 10.8. The molecule has 0 aromatic heterocycles. The number of nitrogens with one attached hydrogen (secondary N) is 1. The second kappa shape index (κ2) is 7.97. The zero-order valence-corrected chi connectivity index (χ0v) is 11.6. The van der Waals surface area contributed by atoms with Gasteiger partial charge in [0.2, 0.25) is 0 Å². The Balaban J connectivity index is 1.59. The van der Waals surface area contributed by atoms with Gasteiger partial charge in [-0.05, 0) is 36.7 Å². The van der Waals surface area contributed by atoms with Gasteiger partial charge in [0.25, 0.3) is 0 Å². The molecule has 1 nitrogen and oxygen atoms in total. The first kappa shape index (κ1) is 14.1. The van der Waals surface area contributed by atoms with Crippen molar-refractivity contribution in [3.8, 4) is 0 Å². The van der Waals surface area contributed by atoms with Crippen molar-refractivity contribution in [3.63, 3.8) is 0 Å². The normalized spacial score (nSPS) is 10.6. The molecule has 0 aliphatic rings. The number of rotatable bonds is 7. The Morgan fingerprint density at radius 1 is 0.895 bits per heavy atom.